The number of thioether (sulfide) groups is 1. The Morgan fingerprint density at radius 1 is 1.88 bits per heavy atom. The Hall–Kier alpha value is -0.220. The number of aliphatic hydroxyl groups excluding tert-OH is 1. The number of hydrazone groups is 1. The van der Waals surface area contributed by atoms with Crippen LogP contribution in [0.2, 0.25) is 0 Å². The molecule has 0 aromatic carbocycles. The minimum Gasteiger partial charge on any atom is -0.382 e. The fourth-order valence-corrected chi connectivity index (χ4v) is 0.514. The van der Waals surface area contributed by atoms with E-state index in [9.17, 15) is 0 Å². The molecule has 1 atom stereocenters. The maximum atomic E-state index is 8.62. The molecule has 0 heterocycles. The van der Waals surface area contributed by atoms with Crippen molar-refractivity contribution < 1.29 is 5.11 Å². The van der Waals surface area contributed by atoms with Crippen LogP contribution in [0, 0.1) is 0 Å². The van der Waals surface area contributed by atoms with Gasteiger partial charge in [0.1, 0.15) is 5.44 Å². The average molecular weight is 134 g/mol. The van der Waals surface area contributed by atoms with Gasteiger partial charge in [-0.15, -0.1) is 0 Å². The highest BCUT2D eigenvalue weighted by Gasteiger charge is 1.87. The molecule has 0 aromatic rings. The Labute approximate surface area is 53.2 Å². The van der Waals surface area contributed by atoms with Crippen LogP contribution in [-0.2, 0) is 0 Å². The third kappa shape index (κ3) is 5.78. The van der Waals surface area contributed by atoms with E-state index in [-0.39, 0.29) is 5.44 Å². The third-order valence-electron chi connectivity index (χ3n) is 0.440. The molecule has 0 amide bonds. The van der Waals surface area contributed by atoms with Gasteiger partial charge >= 0.3 is 0 Å². The summed E-state index contributed by atoms with van der Waals surface area (Å²) in [5, 5.41) is 12.3. The first-order valence-electron chi connectivity index (χ1n) is 2.29. The van der Waals surface area contributed by atoms with Gasteiger partial charge in [-0.3, -0.25) is 0 Å². The van der Waals surface area contributed by atoms with Crippen molar-refractivity contribution in [1.82, 2.24) is 5.43 Å². The number of nitrogens with zero attached hydrogens (tertiary/aromatic N) is 1. The highest BCUT2D eigenvalue weighted by atomic mass is 32.2. The Bertz CT molecular complexity index is 74.4. The van der Waals surface area contributed by atoms with Gasteiger partial charge < -0.3 is 10.5 Å². The van der Waals surface area contributed by atoms with Gasteiger partial charge in [-0.05, 0) is 6.92 Å². The van der Waals surface area contributed by atoms with Crippen LogP contribution in [0.1, 0.15) is 6.92 Å². The van der Waals surface area contributed by atoms with Crippen LogP contribution in [0.15, 0.2) is 5.10 Å². The van der Waals surface area contributed by atoms with Gasteiger partial charge in [0.2, 0.25) is 0 Å². The highest BCUT2D eigenvalue weighted by Crippen LogP contribution is 2.00. The second-order valence-electron chi connectivity index (χ2n) is 1.19. The molecule has 0 rings (SSSR count). The topological polar surface area (TPSA) is 44.6 Å². The first-order chi connectivity index (χ1) is 3.77. The van der Waals surface area contributed by atoms with Gasteiger partial charge in [-0.25, -0.2) is 0 Å². The molecule has 0 aliphatic rings. The molecular weight excluding hydrogens is 124 g/mol. The maximum absolute atomic E-state index is 8.62. The summed E-state index contributed by atoms with van der Waals surface area (Å²) < 4.78 is 0. The Morgan fingerprint density at radius 2 is 2.50 bits per heavy atom. The summed E-state index contributed by atoms with van der Waals surface area (Å²) in [6.45, 7) is 1.69. The molecule has 0 saturated carbocycles. The number of hydrogen-bond donors (Lipinski definition) is 2. The minimum absolute atomic E-state index is 0.368. The lowest BCUT2D eigenvalue weighted by Gasteiger charge is -1.93. The zero-order valence-electron chi connectivity index (χ0n) is 4.96. The second kappa shape index (κ2) is 4.93. The van der Waals surface area contributed by atoms with E-state index < -0.39 is 0 Å². The largest absolute Gasteiger partial charge is 0.382 e. The summed E-state index contributed by atoms with van der Waals surface area (Å²) in [7, 11) is 1.71. The van der Waals surface area contributed by atoms with Crippen LogP contribution in [0.25, 0.3) is 0 Å². The maximum Gasteiger partial charge on any atom is 0.102 e. The lowest BCUT2D eigenvalue weighted by atomic mass is 10.9. The van der Waals surface area contributed by atoms with Crippen LogP contribution >= 0.6 is 11.8 Å². The first kappa shape index (κ1) is 7.78. The number of aliphatic hydroxyl groups is 1. The van der Waals surface area contributed by atoms with Crippen LogP contribution in [0.3, 0.4) is 0 Å². The van der Waals surface area contributed by atoms with Crippen LogP contribution in [-0.4, -0.2) is 23.1 Å². The molecule has 0 spiro atoms. The molecule has 8 heavy (non-hydrogen) atoms. The van der Waals surface area contributed by atoms with Crippen molar-refractivity contribution in [3.05, 3.63) is 0 Å². The average Bonchev–Trinajstić information content (AvgIpc) is 1.66. The minimum atomic E-state index is -0.368. The predicted octanol–water partition coefficient (Wildman–Crippen LogP) is 0.221. The number of nitrogens with one attached hydrogen (secondary N) is 1. The molecule has 0 radical (unpaired) electrons. The summed E-state index contributed by atoms with van der Waals surface area (Å²) in [6.07, 6.45) is 0. The molecular formula is C4H10N2OS. The summed E-state index contributed by atoms with van der Waals surface area (Å²) in [5.41, 5.74) is 3.75. The van der Waals surface area contributed by atoms with Gasteiger partial charge in [0, 0.05) is 7.05 Å². The van der Waals surface area contributed by atoms with E-state index in [0.717, 1.165) is 0 Å². The molecule has 4 heteroatoms. The summed E-state index contributed by atoms with van der Waals surface area (Å²) >= 11 is 1.26. The quantitative estimate of drug-likeness (QED) is 0.251. The molecule has 48 valence electrons. The summed E-state index contributed by atoms with van der Waals surface area (Å²) in [6, 6.07) is 0. The van der Waals surface area contributed by atoms with E-state index in [0.29, 0.717) is 0 Å². The predicted molar refractivity (Wildman–Crippen MR) is 36.8 cm³/mol. The molecule has 3 nitrogen and oxygen atoms in total. The molecule has 0 aliphatic heterocycles. The van der Waals surface area contributed by atoms with Crippen LogP contribution in [0.5, 0.6) is 0 Å². The molecule has 0 aliphatic carbocycles. The van der Waals surface area contributed by atoms with E-state index >= 15 is 0 Å². The smallest absolute Gasteiger partial charge is 0.102 e. The van der Waals surface area contributed by atoms with E-state index in [1.165, 1.54) is 11.8 Å². The second-order valence-corrected chi connectivity index (χ2v) is 2.36. The number of hydrogen-bond acceptors (Lipinski definition) is 4. The fourth-order valence-electron chi connectivity index (χ4n) is 0.171. The monoisotopic (exact) mass is 134 g/mol. The van der Waals surface area contributed by atoms with Crippen molar-refractivity contribution in [2.45, 2.75) is 12.4 Å². The summed E-state index contributed by atoms with van der Waals surface area (Å²) in [4.78, 5) is 0. The Balaban J connectivity index is 3.03. The molecule has 0 saturated heterocycles. The normalized spacial score (nSPS) is 14.4. The van der Waals surface area contributed by atoms with E-state index in [1.54, 1.807) is 19.5 Å². The highest BCUT2D eigenvalue weighted by molar-refractivity contribution is 8.12. The van der Waals surface area contributed by atoms with E-state index in [4.69, 9.17) is 5.11 Å². The van der Waals surface area contributed by atoms with E-state index in [1.807, 2.05) is 0 Å². The molecule has 0 aromatic heterocycles. The summed E-state index contributed by atoms with van der Waals surface area (Å²) in [5.74, 6) is 0. The van der Waals surface area contributed by atoms with Gasteiger partial charge in [0.05, 0.1) is 5.55 Å². The zero-order valence-corrected chi connectivity index (χ0v) is 5.77. The van der Waals surface area contributed by atoms with Crippen molar-refractivity contribution >= 4 is 17.3 Å². The zero-order chi connectivity index (χ0) is 6.41. The van der Waals surface area contributed by atoms with Crippen molar-refractivity contribution in [3.8, 4) is 0 Å². The molecule has 2 N–H and O–H groups in total. The lowest BCUT2D eigenvalue weighted by Crippen LogP contribution is -1.95. The van der Waals surface area contributed by atoms with Gasteiger partial charge in [-0.1, -0.05) is 11.8 Å². The van der Waals surface area contributed by atoms with Gasteiger partial charge in [0.25, 0.3) is 0 Å². The fraction of sp³-hybridized carbons (Fsp3) is 0.750. The standard InChI is InChI=1S/C4H10N2OS/c1-4(7)8-3-6-5-2/h3-5,7H,1-2H3/b6-3+. The molecule has 1 unspecified atom stereocenters. The molecule has 0 fully saturated rings. The lowest BCUT2D eigenvalue weighted by molar-refractivity contribution is 0.285. The van der Waals surface area contributed by atoms with Crippen molar-refractivity contribution in [3.63, 3.8) is 0 Å². The SMILES string of the molecule is CN/N=C/SC(C)O. The van der Waals surface area contributed by atoms with Crippen LogP contribution < -0.4 is 5.43 Å². The van der Waals surface area contributed by atoms with E-state index in [2.05, 4.69) is 10.5 Å². The van der Waals surface area contributed by atoms with Crippen molar-refractivity contribution in [2.75, 3.05) is 7.05 Å². The van der Waals surface area contributed by atoms with Crippen LogP contribution in [0.4, 0.5) is 0 Å². The van der Waals surface area contributed by atoms with Gasteiger partial charge in [-0.2, -0.15) is 5.10 Å². The third-order valence-corrected chi connectivity index (χ3v) is 1.06. The van der Waals surface area contributed by atoms with Crippen molar-refractivity contribution in [1.29, 1.82) is 0 Å². The first-order valence-corrected chi connectivity index (χ1v) is 3.23. The Kier molecular flexibility index (Phi) is 4.79. The Morgan fingerprint density at radius 3 is 2.88 bits per heavy atom. The van der Waals surface area contributed by atoms with Gasteiger partial charge in [0.15, 0.2) is 0 Å². The molecule has 0 bridgehead atoms. The number of rotatable bonds is 3. The van der Waals surface area contributed by atoms with Crippen molar-refractivity contribution in [2.24, 2.45) is 5.10 Å².